The van der Waals surface area contributed by atoms with Gasteiger partial charge >= 0.3 is 0 Å². The van der Waals surface area contributed by atoms with Gasteiger partial charge in [-0.25, -0.2) is 0 Å². The van der Waals surface area contributed by atoms with Gasteiger partial charge in [0.05, 0.1) is 12.3 Å². The SMILES string of the molecule is CN1CCN=C(C=Cc2ccccc2SCc2ccc(Cl)cc2)c2ccccc21. The van der Waals surface area contributed by atoms with Crippen LogP contribution in [0, 0.1) is 0 Å². The first-order valence-electron chi connectivity index (χ1n) is 9.70. The van der Waals surface area contributed by atoms with Crippen molar-refractivity contribution in [2.45, 2.75) is 10.6 Å². The average Bonchev–Trinajstić information content (AvgIpc) is 2.91. The average molecular weight is 419 g/mol. The standard InChI is InChI=1S/C25H23ClN2S/c1-28-17-16-27-23(22-7-3-4-8-24(22)28)15-12-20-6-2-5-9-25(20)29-18-19-10-13-21(26)14-11-19/h2-15H,16-18H2,1H3. The molecular weight excluding hydrogens is 396 g/mol. The predicted octanol–water partition coefficient (Wildman–Crippen LogP) is 6.58. The van der Waals surface area contributed by atoms with Gasteiger partial charge in [-0.05, 0) is 41.5 Å². The Kier molecular flexibility index (Phi) is 6.38. The van der Waals surface area contributed by atoms with E-state index < -0.39 is 0 Å². The normalized spacial score (nSPS) is 13.9. The predicted molar refractivity (Wildman–Crippen MR) is 128 cm³/mol. The van der Waals surface area contributed by atoms with Gasteiger partial charge in [0.15, 0.2) is 0 Å². The smallest absolute Gasteiger partial charge is 0.0668 e. The number of hydrogen-bond acceptors (Lipinski definition) is 3. The molecule has 0 atom stereocenters. The summed E-state index contributed by atoms with van der Waals surface area (Å²) in [7, 11) is 2.13. The third-order valence-electron chi connectivity index (χ3n) is 4.96. The molecule has 0 radical (unpaired) electrons. The largest absolute Gasteiger partial charge is 0.372 e. The number of thioether (sulfide) groups is 1. The zero-order chi connectivity index (χ0) is 20.1. The molecule has 0 N–H and O–H groups in total. The van der Waals surface area contributed by atoms with Crippen LogP contribution in [0.3, 0.4) is 0 Å². The molecule has 4 rings (SSSR count). The summed E-state index contributed by atoms with van der Waals surface area (Å²) in [6.07, 6.45) is 4.34. The number of para-hydroxylation sites is 1. The van der Waals surface area contributed by atoms with E-state index in [9.17, 15) is 0 Å². The van der Waals surface area contributed by atoms with Gasteiger partial charge in [0.1, 0.15) is 0 Å². The van der Waals surface area contributed by atoms with Crippen LogP contribution in [0.5, 0.6) is 0 Å². The van der Waals surface area contributed by atoms with E-state index in [2.05, 4.69) is 84.8 Å². The van der Waals surface area contributed by atoms with Gasteiger partial charge in [-0.1, -0.05) is 66.2 Å². The highest BCUT2D eigenvalue weighted by atomic mass is 35.5. The molecule has 146 valence electrons. The third kappa shape index (κ3) is 4.92. The molecule has 0 aromatic heterocycles. The first-order valence-corrected chi connectivity index (χ1v) is 11.1. The molecule has 0 bridgehead atoms. The van der Waals surface area contributed by atoms with E-state index in [0.717, 1.165) is 29.6 Å². The summed E-state index contributed by atoms with van der Waals surface area (Å²) < 4.78 is 0. The van der Waals surface area contributed by atoms with E-state index >= 15 is 0 Å². The molecule has 0 unspecified atom stereocenters. The van der Waals surface area contributed by atoms with Crippen molar-refractivity contribution in [3.8, 4) is 0 Å². The van der Waals surface area contributed by atoms with Crippen LogP contribution in [0.1, 0.15) is 16.7 Å². The minimum absolute atomic E-state index is 0.775. The Labute approximate surface area is 181 Å². The Balaban J connectivity index is 1.55. The maximum atomic E-state index is 6.00. The van der Waals surface area contributed by atoms with Gasteiger partial charge in [0, 0.05) is 40.5 Å². The van der Waals surface area contributed by atoms with Crippen molar-refractivity contribution >= 4 is 40.8 Å². The molecule has 0 amide bonds. The van der Waals surface area contributed by atoms with E-state index in [-0.39, 0.29) is 0 Å². The number of halogens is 1. The Morgan fingerprint density at radius 3 is 2.59 bits per heavy atom. The van der Waals surface area contributed by atoms with Crippen molar-refractivity contribution in [1.82, 2.24) is 0 Å². The Hall–Kier alpha value is -2.49. The fourth-order valence-electron chi connectivity index (χ4n) is 3.35. The molecule has 1 aliphatic heterocycles. The van der Waals surface area contributed by atoms with Crippen molar-refractivity contribution in [3.05, 3.63) is 101 Å². The lowest BCUT2D eigenvalue weighted by molar-refractivity contribution is 0.897. The number of nitrogens with zero attached hydrogens (tertiary/aromatic N) is 2. The van der Waals surface area contributed by atoms with Crippen LogP contribution in [-0.4, -0.2) is 25.8 Å². The third-order valence-corrected chi connectivity index (χ3v) is 6.37. The summed E-state index contributed by atoms with van der Waals surface area (Å²) in [5.74, 6) is 0.913. The number of rotatable bonds is 5. The summed E-state index contributed by atoms with van der Waals surface area (Å²) in [6, 6.07) is 25.1. The van der Waals surface area contributed by atoms with Crippen LogP contribution < -0.4 is 4.90 Å². The van der Waals surface area contributed by atoms with Crippen LogP contribution in [-0.2, 0) is 5.75 Å². The highest BCUT2D eigenvalue weighted by Gasteiger charge is 2.13. The number of aliphatic imine (C=N–C) groups is 1. The first-order chi connectivity index (χ1) is 14.2. The fourth-order valence-corrected chi connectivity index (χ4v) is 4.47. The van der Waals surface area contributed by atoms with Gasteiger partial charge in [-0.2, -0.15) is 0 Å². The molecule has 3 aromatic carbocycles. The highest BCUT2D eigenvalue weighted by molar-refractivity contribution is 7.98. The summed E-state index contributed by atoms with van der Waals surface area (Å²) in [5.41, 5.74) is 5.95. The van der Waals surface area contributed by atoms with Crippen molar-refractivity contribution in [3.63, 3.8) is 0 Å². The van der Waals surface area contributed by atoms with Crippen LogP contribution in [0.25, 0.3) is 6.08 Å². The molecule has 0 spiro atoms. The fraction of sp³-hybridized carbons (Fsp3) is 0.160. The summed E-state index contributed by atoms with van der Waals surface area (Å²) in [5, 5.41) is 0.775. The minimum atomic E-state index is 0.775. The van der Waals surface area contributed by atoms with E-state index in [1.54, 1.807) is 0 Å². The molecule has 0 fully saturated rings. The second kappa shape index (κ2) is 9.34. The number of anilines is 1. The number of allylic oxidation sites excluding steroid dienone is 1. The summed E-state index contributed by atoms with van der Waals surface area (Å²) in [6.45, 7) is 1.74. The van der Waals surface area contributed by atoms with Gasteiger partial charge in [0.25, 0.3) is 0 Å². The van der Waals surface area contributed by atoms with Crippen molar-refractivity contribution in [2.24, 2.45) is 4.99 Å². The molecular formula is C25H23ClN2S. The number of likely N-dealkylation sites (N-methyl/N-ethyl adjacent to an activating group) is 1. The van der Waals surface area contributed by atoms with E-state index in [4.69, 9.17) is 16.6 Å². The lowest BCUT2D eigenvalue weighted by atomic mass is 10.1. The van der Waals surface area contributed by atoms with E-state index in [1.807, 2.05) is 23.9 Å². The van der Waals surface area contributed by atoms with Crippen molar-refractivity contribution in [2.75, 3.05) is 25.0 Å². The van der Waals surface area contributed by atoms with Crippen molar-refractivity contribution in [1.29, 1.82) is 0 Å². The quantitative estimate of drug-likeness (QED) is 0.434. The Bertz CT molecular complexity index is 1040. The molecule has 4 heteroatoms. The summed E-state index contributed by atoms with van der Waals surface area (Å²) in [4.78, 5) is 8.37. The molecule has 1 aliphatic rings. The molecule has 0 saturated carbocycles. The second-order valence-electron chi connectivity index (χ2n) is 6.99. The van der Waals surface area contributed by atoms with Crippen LogP contribution in [0.15, 0.2) is 88.8 Å². The van der Waals surface area contributed by atoms with Gasteiger partial charge in [-0.15, -0.1) is 11.8 Å². The maximum absolute atomic E-state index is 6.00. The number of benzene rings is 3. The van der Waals surface area contributed by atoms with Crippen LogP contribution in [0.2, 0.25) is 5.02 Å². The lowest BCUT2D eigenvalue weighted by Crippen LogP contribution is -2.20. The van der Waals surface area contributed by atoms with Crippen LogP contribution >= 0.6 is 23.4 Å². The molecule has 1 heterocycles. The van der Waals surface area contributed by atoms with Crippen molar-refractivity contribution < 1.29 is 0 Å². The lowest BCUT2D eigenvalue weighted by Gasteiger charge is -2.18. The number of benzodiazepines with no additional fused rings is 1. The molecule has 0 aliphatic carbocycles. The summed E-state index contributed by atoms with van der Waals surface area (Å²) >= 11 is 7.84. The molecule has 29 heavy (non-hydrogen) atoms. The zero-order valence-electron chi connectivity index (χ0n) is 16.4. The number of fused-ring (bicyclic) bond motifs is 1. The number of hydrogen-bond donors (Lipinski definition) is 0. The topological polar surface area (TPSA) is 15.6 Å². The van der Waals surface area contributed by atoms with Gasteiger partial charge in [-0.3, -0.25) is 4.99 Å². The zero-order valence-corrected chi connectivity index (χ0v) is 18.0. The van der Waals surface area contributed by atoms with Gasteiger partial charge in [0.2, 0.25) is 0 Å². The van der Waals surface area contributed by atoms with Crippen LogP contribution in [0.4, 0.5) is 5.69 Å². The van der Waals surface area contributed by atoms with E-state index in [1.165, 1.54) is 27.3 Å². The Morgan fingerprint density at radius 1 is 0.966 bits per heavy atom. The molecule has 3 aromatic rings. The van der Waals surface area contributed by atoms with E-state index in [0.29, 0.717) is 0 Å². The minimum Gasteiger partial charge on any atom is -0.372 e. The highest BCUT2D eigenvalue weighted by Crippen LogP contribution is 2.28. The first kappa shape index (κ1) is 19.8. The second-order valence-corrected chi connectivity index (χ2v) is 8.45. The Morgan fingerprint density at radius 2 is 1.72 bits per heavy atom. The maximum Gasteiger partial charge on any atom is 0.0668 e. The molecule has 0 saturated heterocycles. The van der Waals surface area contributed by atoms with Gasteiger partial charge < -0.3 is 4.90 Å². The monoisotopic (exact) mass is 418 g/mol. The molecule has 2 nitrogen and oxygen atoms in total.